The summed E-state index contributed by atoms with van der Waals surface area (Å²) in [6.45, 7) is 13.4. The lowest BCUT2D eigenvalue weighted by Gasteiger charge is -2.55. The molecule has 0 radical (unpaired) electrons. The molecule has 1 aliphatic carbocycles. The van der Waals surface area contributed by atoms with Crippen LogP contribution in [0.1, 0.15) is 47.3 Å². The van der Waals surface area contributed by atoms with Gasteiger partial charge in [-0.15, -0.1) is 0 Å². The maximum absolute atomic E-state index is 13.5. The summed E-state index contributed by atoms with van der Waals surface area (Å²) in [6, 6.07) is 11.3. The number of amides is 1. The third-order valence-electron chi connectivity index (χ3n) is 10.5. The van der Waals surface area contributed by atoms with Crippen LogP contribution in [0.5, 0.6) is 0 Å². The van der Waals surface area contributed by atoms with Gasteiger partial charge in [-0.05, 0) is 60.7 Å². The highest BCUT2D eigenvalue weighted by Crippen LogP contribution is 2.48. The van der Waals surface area contributed by atoms with Crippen molar-refractivity contribution >= 4 is 23.2 Å². The standard InChI is InChI=1S/C31H34N3O5/c1-3-33-8-11-34(12-9-33,13-10-33)17-19-4-6-22-24(14-19)21-7-5-20(15-25(21)29(22)36)23-16-26-27(18(2)35)30(37)32(26)28(23)31(38)39/h4-7,14-15,18,26-27,35H,3,8-13,16-17H2,1-2H3/q+1/t18-,26-,27-,33?,34?/m1/s1. The van der Waals surface area contributed by atoms with Crippen LogP contribution >= 0.6 is 0 Å². The van der Waals surface area contributed by atoms with Gasteiger partial charge in [0.15, 0.2) is 5.78 Å². The highest BCUT2D eigenvalue weighted by Gasteiger charge is 2.55. The smallest absolute Gasteiger partial charge is 0.235 e. The number of carboxylic acids is 1. The largest absolute Gasteiger partial charge is 0.543 e. The van der Waals surface area contributed by atoms with Gasteiger partial charge >= 0.3 is 0 Å². The van der Waals surface area contributed by atoms with Gasteiger partial charge in [0.05, 0.1) is 36.3 Å². The van der Waals surface area contributed by atoms with Crippen molar-refractivity contribution in [3.8, 4) is 11.1 Å². The van der Waals surface area contributed by atoms with Gasteiger partial charge in [-0.2, -0.15) is 0 Å². The summed E-state index contributed by atoms with van der Waals surface area (Å²) in [6.07, 6.45) is -0.549. The number of carboxylic acid groups (broad SMARTS) is 1. The lowest BCUT2D eigenvalue weighted by atomic mass is 9.82. The maximum atomic E-state index is 13.5. The van der Waals surface area contributed by atoms with Gasteiger partial charge < -0.3 is 28.9 Å². The number of aliphatic hydroxyl groups excluding tert-OH is 1. The van der Waals surface area contributed by atoms with Gasteiger partial charge in [0.25, 0.3) is 0 Å². The van der Waals surface area contributed by atoms with Crippen LogP contribution in [-0.4, -0.2) is 94.6 Å². The van der Waals surface area contributed by atoms with Crippen molar-refractivity contribution in [2.75, 3.05) is 45.8 Å². The molecule has 0 spiro atoms. The van der Waals surface area contributed by atoms with Crippen LogP contribution in [0.25, 0.3) is 16.7 Å². The molecule has 0 saturated carbocycles. The van der Waals surface area contributed by atoms with Crippen molar-refractivity contribution in [1.29, 1.82) is 0 Å². The molecule has 3 atom stereocenters. The number of fused-ring (bicyclic) bond motifs is 7. The van der Waals surface area contributed by atoms with Crippen LogP contribution in [0.4, 0.5) is 0 Å². The van der Waals surface area contributed by atoms with E-state index in [1.165, 1.54) is 60.8 Å². The molecular formula is C31H34N3O5+. The highest BCUT2D eigenvalue weighted by molar-refractivity contribution is 6.22. The summed E-state index contributed by atoms with van der Waals surface area (Å²) < 4.78 is 2.39. The van der Waals surface area contributed by atoms with E-state index in [-0.39, 0.29) is 11.5 Å². The van der Waals surface area contributed by atoms with E-state index < -0.39 is 29.9 Å². The minimum absolute atomic E-state index is 0.0591. The second-order valence-corrected chi connectivity index (χ2v) is 12.3. The van der Waals surface area contributed by atoms with Gasteiger partial charge in [0.1, 0.15) is 45.8 Å². The fourth-order valence-corrected chi connectivity index (χ4v) is 7.97. The number of aliphatic hydroxyl groups is 1. The van der Waals surface area contributed by atoms with Crippen molar-refractivity contribution in [1.82, 2.24) is 4.90 Å². The second-order valence-electron chi connectivity index (χ2n) is 12.3. The Bertz CT molecular complexity index is 1470. The van der Waals surface area contributed by atoms with E-state index in [1.807, 2.05) is 18.2 Å². The molecule has 2 aromatic rings. The van der Waals surface area contributed by atoms with Crippen LogP contribution < -0.4 is 5.11 Å². The fourth-order valence-electron chi connectivity index (χ4n) is 7.97. The van der Waals surface area contributed by atoms with Gasteiger partial charge in [-0.3, -0.25) is 9.59 Å². The predicted octanol–water partition coefficient (Wildman–Crippen LogP) is 1.15. The average molecular weight is 529 g/mol. The van der Waals surface area contributed by atoms with Crippen molar-refractivity contribution in [2.45, 2.75) is 39.0 Å². The van der Waals surface area contributed by atoms with Crippen LogP contribution in [-0.2, 0) is 16.1 Å². The van der Waals surface area contributed by atoms with Gasteiger partial charge in [-0.25, -0.2) is 0 Å². The number of likely N-dealkylation sites (N-methyl/N-ethyl adjacent to an activating group) is 1. The number of carbonyl (C=O) groups excluding carboxylic acids is 3. The van der Waals surface area contributed by atoms with E-state index in [0.717, 1.165) is 22.2 Å². The van der Waals surface area contributed by atoms with Crippen molar-refractivity contribution in [2.24, 2.45) is 5.92 Å². The number of hydrogen-bond acceptors (Lipinski definition) is 5. The van der Waals surface area contributed by atoms with E-state index in [9.17, 15) is 24.6 Å². The number of hydrogen-bond donors (Lipinski definition) is 1. The lowest BCUT2D eigenvalue weighted by molar-refractivity contribution is -1.09. The van der Waals surface area contributed by atoms with Crippen molar-refractivity contribution < 1.29 is 33.6 Å². The monoisotopic (exact) mass is 528 g/mol. The number of piperazine rings is 3. The number of ketones is 1. The van der Waals surface area contributed by atoms with Gasteiger partial charge in [0, 0.05) is 16.7 Å². The lowest BCUT2D eigenvalue weighted by Crippen LogP contribution is -2.74. The number of carbonyl (C=O) groups is 3. The molecular weight excluding hydrogens is 494 g/mol. The number of benzene rings is 2. The minimum Gasteiger partial charge on any atom is -0.543 e. The fraction of sp³-hybridized carbons (Fsp3) is 0.452. The Labute approximate surface area is 227 Å². The first-order valence-corrected chi connectivity index (χ1v) is 14.1. The van der Waals surface area contributed by atoms with E-state index in [2.05, 4.69) is 19.1 Å². The van der Waals surface area contributed by atoms with Gasteiger partial charge in [0.2, 0.25) is 5.91 Å². The van der Waals surface area contributed by atoms with E-state index in [4.69, 9.17) is 0 Å². The SMILES string of the molecule is CC[N+]12CC[N+](Cc3ccc4c(c3)-c3ccc(C5=C(C(=O)[O-])N6C(=O)[C@H]([C@@H](C)O)[C@H]6C5)cc3C4=O)(CC1)CC2. The molecule has 1 amide bonds. The van der Waals surface area contributed by atoms with Crippen LogP contribution in [0.15, 0.2) is 42.1 Å². The van der Waals surface area contributed by atoms with Crippen molar-refractivity contribution in [3.05, 3.63) is 64.3 Å². The van der Waals surface area contributed by atoms with Crippen LogP contribution in [0.2, 0.25) is 0 Å². The highest BCUT2D eigenvalue weighted by atomic mass is 16.4. The molecule has 202 valence electrons. The molecule has 4 fully saturated rings. The second kappa shape index (κ2) is 8.34. The quantitative estimate of drug-likeness (QED) is 0.383. The number of aliphatic carboxylic acids is 1. The Morgan fingerprint density at radius 3 is 2.28 bits per heavy atom. The summed E-state index contributed by atoms with van der Waals surface area (Å²) in [5.74, 6) is -2.49. The van der Waals surface area contributed by atoms with Crippen LogP contribution in [0, 0.1) is 5.92 Å². The third kappa shape index (κ3) is 3.44. The molecule has 8 heteroatoms. The van der Waals surface area contributed by atoms with Crippen LogP contribution in [0.3, 0.4) is 0 Å². The Morgan fingerprint density at radius 2 is 1.64 bits per heavy atom. The summed E-state index contributed by atoms with van der Waals surface area (Å²) in [4.78, 5) is 39.4. The third-order valence-corrected chi connectivity index (χ3v) is 10.5. The molecule has 0 unspecified atom stereocenters. The zero-order valence-electron chi connectivity index (χ0n) is 22.5. The summed E-state index contributed by atoms with van der Waals surface area (Å²) in [7, 11) is 0. The number of quaternary nitrogens is 2. The first-order valence-electron chi connectivity index (χ1n) is 14.1. The predicted molar refractivity (Wildman–Crippen MR) is 142 cm³/mol. The van der Waals surface area contributed by atoms with E-state index in [1.54, 1.807) is 13.0 Å². The Kier molecular flexibility index (Phi) is 5.28. The molecule has 5 aliphatic heterocycles. The first kappa shape index (κ1) is 24.7. The zero-order valence-corrected chi connectivity index (χ0v) is 22.5. The Hall–Kier alpha value is -3.33. The Morgan fingerprint density at radius 1 is 0.974 bits per heavy atom. The normalized spacial score (nSPS) is 31.2. The summed E-state index contributed by atoms with van der Waals surface area (Å²) in [5.41, 5.74) is 5.25. The molecule has 8 nitrogen and oxygen atoms in total. The molecule has 2 bridgehead atoms. The number of β-lactam (4-membered cyclic amide) rings is 1. The Balaban J connectivity index is 1.19. The molecule has 0 aromatic heterocycles. The van der Waals surface area contributed by atoms with E-state index in [0.29, 0.717) is 28.7 Å². The molecule has 4 saturated heterocycles. The number of nitrogens with zero attached hydrogens (tertiary/aromatic N) is 3. The molecule has 8 rings (SSSR count). The molecule has 1 N–H and O–H groups in total. The molecule has 6 aliphatic rings. The summed E-state index contributed by atoms with van der Waals surface area (Å²) >= 11 is 0. The van der Waals surface area contributed by atoms with Gasteiger partial charge in [-0.1, -0.05) is 18.2 Å². The molecule has 5 heterocycles. The minimum atomic E-state index is -1.41. The molecule has 39 heavy (non-hydrogen) atoms. The van der Waals surface area contributed by atoms with E-state index >= 15 is 0 Å². The maximum Gasteiger partial charge on any atom is 0.235 e. The average Bonchev–Trinajstić information content (AvgIpc) is 3.41. The number of rotatable bonds is 6. The molecule has 2 aromatic carbocycles. The first-order chi connectivity index (χ1) is 18.7. The van der Waals surface area contributed by atoms with Crippen molar-refractivity contribution in [3.63, 3.8) is 0 Å². The zero-order chi connectivity index (χ0) is 27.3. The summed E-state index contributed by atoms with van der Waals surface area (Å²) in [5, 5.41) is 22.1. The topological polar surface area (TPSA) is 97.7 Å².